The number of esters is 1. The summed E-state index contributed by atoms with van der Waals surface area (Å²) < 4.78 is 12.2. The number of benzene rings is 3. The zero-order valence-corrected chi connectivity index (χ0v) is 15.9. The molecule has 0 amide bonds. The van der Waals surface area contributed by atoms with Crippen LogP contribution < -0.4 is 4.74 Å². The van der Waals surface area contributed by atoms with E-state index in [1.165, 1.54) is 0 Å². The maximum atomic E-state index is 12.6. The van der Waals surface area contributed by atoms with Crippen molar-refractivity contribution in [3.8, 4) is 22.8 Å². The molecule has 0 aliphatic rings. The largest absolute Gasteiger partial charge is 0.497 e. The summed E-state index contributed by atoms with van der Waals surface area (Å²) in [6.45, 7) is 0.128. The number of carbonyl (C=O) groups is 1. The van der Waals surface area contributed by atoms with Crippen LogP contribution in [0.15, 0.2) is 84.9 Å². The molecular weight excluding hydrogens is 366 g/mol. The average molecular weight is 385 g/mol. The number of methoxy groups -OCH3 is 1. The van der Waals surface area contributed by atoms with Crippen molar-refractivity contribution in [2.45, 2.75) is 6.61 Å². The Labute approximate surface area is 168 Å². The SMILES string of the molecule is COc1ccc(COC(=O)c2nc(-c3ccccc3)n(-c3ccccc3)n2)cc1. The van der Waals surface area contributed by atoms with Gasteiger partial charge in [-0.15, -0.1) is 5.10 Å². The lowest BCUT2D eigenvalue weighted by molar-refractivity contribution is 0.0458. The van der Waals surface area contributed by atoms with Gasteiger partial charge in [-0.1, -0.05) is 60.7 Å². The fraction of sp³-hybridized carbons (Fsp3) is 0.0870. The first-order valence-corrected chi connectivity index (χ1v) is 9.12. The van der Waals surface area contributed by atoms with E-state index in [0.29, 0.717) is 5.82 Å². The van der Waals surface area contributed by atoms with Crippen molar-refractivity contribution in [1.82, 2.24) is 14.8 Å². The van der Waals surface area contributed by atoms with Crippen LogP contribution in [0.2, 0.25) is 0 Å². The van der Waals surface area contributed by atoms with E-state index in [1.54, 1.807) is 11.8 Å². The summed E-state index contributed by atoms with van der Waals surface area (Å²) >= 11 is 0. The number of hydrogen-bond donors (Lipinski definition) is 0. The zero-order valence-electron chi connectivity index (χ0n) is 15.9. The van der Waals surface area contributed by atoms with E-state index in [9.17, 15) is 4.79 Å². The first-order valence-electron chi connectivity index (χ1n) is 9.12. The highest BCUT2D eigenvalue weighted by molar-refractivity contribution is 5.86. The van der Waals surface area contributed by atoms with Crippen LogP contribution in [0.4, 0.5) is 0 Å². The highest BCUT2D eigenvalue weighted by Crippen LogP contribution is 2.21. The minimum Gasteiger partial charge on any atom is -0.497 e. The van der Waals surface area contributed by atoms with E-state index in [2.05, 4.69) is 10.1 Å². The van der Waals surface area contributed by atoms with Crippen LogP contribution in [0.5, 0.6) is 5.75 Å². The number of carbonyl (C=O) groups excluding carboxylic acids is 1. The molecule has 0 saturated carbocycles. The maximum absolute atomic E-state index is 12.6. The third-order valence-corrected chi connectivity index (χ3v) is 4.35. The fourth-order valence-corrected chi connectivity index (χ4v) is 2.86. The molecule has 0 atom stereocenters. The molecule has 0 saturated heterocycles. The summed E-state index contributed by atoms with van der Waals surface area (Å²) in [5, 5.41) is 4.41. The van der Waals surface area contributed by atoms with Gasteiger partial charge in [0.2, 0.25) is 0 Å². The lowest BCUT2D eigenvalue weighted by atomic mass is 10.2. The van der Waals surface area contributed by atoms with E-state index in [0.717, 1.165) is 22.6 Å². The van der Waals surface area contributed by atoms with Gasteiger partial charge in [0.25, 0.3) is 5.82 Å². The quantitative estimate of drug-likeness (QED) is 0.463. The Balaban J connectivity index is 1.60. The summed E-state index contributed by atoms with van der Waals surface area (Å²) in [7, 11) is 1.61. The number of para-hydroxylation sites is 1. The average Bonchev–Trinajstić information content (AvgIpc) is 3.25. The highest BCUT2D eigenvalue weighted by Gasteiger charge is 2.20. The molecule has 144 valence electrons. The monoisotopic (exact) mass is 385 g/mol. The first kappa shape index (κ1) is 18.4. The Hall–Kier alpha value is -3.93. The first-order chi connectivity index (χ1) is 14.2. The van der Waals surface area contributed by atoms with Gasteiger partial charge in [-0.2, -0.15) is 0 Å². The molecule has 0 aliphatic carbocycles. The van der Waals surface area contributed by atoms with Gasteiger partial charge in [0.1, 0.15) is 12.4 Å². The minimum absolute atomic E-state index is 0.0150. The van der Waals surface area contributed by atoms with Crippen molar-refractivity contribution < 1.29 is 14.3 Å². The predicted octanol–water partition coefficient (Wildman–Crippen LogP) is 4.30. The van der Waals surface area contributed by atoms with Crippen LogP contribution in [-0.2, 0) is 11.3 Å². The smallest absolute Gasteiger partial charge is 0.378 e. The van der Waals surface area contributed by atoms with Gasteiger partial charge < -0.3 is 9.47 Å². The molecule has 1 aromatic heterocycles. The van der Waals surface area contributed by atoms with Crippen molar-refractivity contribution >= 4 is 5.97 Å². The van der Waals surface area contributed by atoms with Crippen molar-refractivity contribution in [3.63, 3.8) is 0 Å². The van der Waals surface area contributed by atoms with E-state index in [1.807, 2.05) is 84.9 Å². The lowest BCUT2D eigenvalue weighted by Crippen LogP contribution is -2.08. The van der Waals surface area contributed by atoms with Crippen LogP contribution in [0.3, 0.4) is 0 Å². The van der Waals surface area contributed by atoms with Crippen LogP contribution in [0, 0.1) is 0 Å². The topological polar surface area (TPSA) is 66.2 Å². The highest BCUT2D eigenvalue weighted by atomic mass is 16.5. The molecule has 0 unspecified atom stereocenters. The van der Waals surface area contributed by atoms with Crippen LogP contribution >= 0.6 is 0 Å². The van der Waals surface area contributed by atoms with Gasteiger partial charge in [0.15, 0.2) is 5.82 Å². The van der Waals surface area contributed by atoms with E-state index in [-0.39, 0.29) is 12.4 Å². The molecule has 0 aliphatic heterocycles. The predicted molar refractivity (Wildman–Crippen MR) is 109 cm³/mol. The van der Waals surface area contributed by atoms with Crippen molar-refractivity contribution in [2.75, 3.05) is 7.11 Å². The molecule has 4 rings (SSSR count). The summed E-state index contributed by atoms with van der Waals surface area (Å²) in [6.07, 6.45) is 0. The molecule has 6 nitrogen and oxygen atoms in total. The number of hydrogen-bond acceptors (Lipinski definition) is 5. The Morgan fingerprint density at radius 1 is 0.897 bits per heavy atom. The number of ether oxygens (including phenoxy) is 2. The minimum atomic E-state index is -0.576. The Bertz CT molecular complexity index is 1030. The zero-order chi connectivity index (χ0) is 20.1. The standard InChI is InChI=1S/C23H19N3O3/c1-28-20-14-12-17(13-15-20)16-29-23(27)21-24-22(18-8-4-2-5-9-18)26(25-21)19-10-6-3-7-11-19/h2-15H,16H2,1H3. The molecule has 0 N–H and O–H groups in total. The van der Waals surface area contributed by atoms with E-state index < -0.39 is 5.97 Å². The second-order valence-corrected chi connectivity index (χ2v) is 6.30. The van der Waals surface area contributed by atoms with Gasteiger partial charge in [-0.25, -0.2) is 14.5 Å². The third-order valence-electron chi connectivity index (χ3n) is 4.35. The van der Waals surface area contributed by atoms with Gasteiger partial charge in [-0.3, -0.25) is 0 Å². The molecule has 0 fully saturated rings. The Kier molecular flexibility index (Phi) is 5.33. The van der Waals surface area contributed by atoms with E-state index in [4.69, 9.17) is 9.47 Å². The summed E-state index contributed by atoms with van der Waals surface area (Å²) in [4.78, 5) is 17.0. The number of rotatable bonds is 6. The van der Waals surface area contributed by atoms with E-state index >= 15 is 0 Å². The van der Waals surface area contributed by atoms with Crippen molar-refractivity contribution in [2.24, 2.45) is 0 Å². The molecule has 3 aromatic carbocycles. The maximum Gasteiger partial charge on any atom is 0.378 e. The molecular formula is C23H19N3O3. The Morgan fingerprint density at radius 2 is 1.55 bits per heavy atom. The lowest BCUT2D eigenvalue weighted by Gasteiger charge is -2.05. The summed E-state index contributed by atoms with van der Waals surface area (Å²) in [6, 6.07) is 26.5. The third kappa shape index (κ3) is 4.16. The normalized spacial score (nSPS) is 10.5. The van der Waals surface area contributed by atoms with Crippen molar-refractivity contribution in [3.05, 3.63) is 96.3 Å². The summed E-state index contributed by atoms with van der Waals surface area (Å²) in [5.41, 5.74) is 2.52. The Morgan fingerprint density at radius 3 is 2.21 bits per heavy atom. The van der Waals surface area contributed by atoms with Gasteiger partial charge in [-0.05, 0) is 29.8 Å². The van der Waals surface area contributed by atoms with Crippen molar-refractivity contribution in [1.29, 1.82) is 0 Å². The van der Waals surface area contributed by atoms with Gasteiger partial charge >= 0.3 is 5.97 Å². The van der Waals surface area contributed by atoms with Gasteiger partial charge in [0.05, 0.1) is 12.8 Å². The van der Waals surface area contributed by atoms with Crippen LogP contribution in [0.1, 0.15) is 16.2 Å². The number of nitrogens with zero attached hydrogens (tertiary/aromatic N) is 3. The molecule has 1 heterocycles. The molecule has 0 bridgehead atoms. The van der Waals surface area contributed by atoms with Crippen LogP contribution in [-0.4, -0.2) is 27.8 Å². The fourth-order valence-electron chi connectivity index (χ4n) is 2.86. The van der Waals surface area contributed by atoms with Crippen LogP contribution in [0.25, 0.3) is 17.1 Å². The second-order valence-electron chi connectivity index (χ2n) is 6.30. The molecule has 29 heavy (non-hydrogen) atoms. The summed E-state index contributed by atoms with van der Waals surface area (Å²) in [5.74, 6) is 0.762. The molecule has 0 radical (unpaired) electrons. The molecule has 6 heteroatoms. The molecule has 4 aromatic rings. The van der Waals surface area contributed by atoms with Gasteiger partial charge in [0, 0.05) is 5.56 Å². The number of aromatic nitrogens is 3. The molecule has 0 spiro atoms. The second kappa shape index (κ2) is 8.39.